The number of rotatable bonds is 3. The van der Waals surface area contributed by atoms with Gasteiger partial charge in [-0.05, 0) is 55.8 Å². The Morgan fingerprint density at radius 2 is 1.68 bits per heavy atom. The summed E-state index contributed by atoms with van der Waals surface area (Å²) >= 11 is 1.97. The molecule has 0 aromatic heterocycles. The summed E-state index contributed by atoms with van der Waals surface area (Å²) in [5, 5.41) is 0.483. The van der Waals surface area contributed by atoms with Crippen molar-refractivity contribution >= 4 is 17.3 Å². The molecule has 2 aromatic carbocycles. The monoisotopic (exact) mass is 309 g/mol. The molecule has 1 heterocycles. The Kier molecular flexibility index (Phi) is 4.70. The average Bonchev–Trinajstić information content (AvgIpc) is 2.63. The third kappa shape index (κ3) is 3.13. The second kappa shape index (κ2) is 6.72. The lowest BCUT2D eigenvalue weighted by Crippen LogP contribution is -2.12. The summed E-state index contributed by atoms with van der Waals surface area (Å²) in [5.74, 6) is 0. The number of hydrogen-bond donors (Lipinski definition) is 0. The van der Waals surface area contributed by atoms with Crippen LogP contribution >= 0.6 is 11.8 Å². The van der Waals surface area contributed by atoms with Crippen LogP contribution in [0.2, 0.25) is 0 Å². The smallest absolute Gasteiger partial charge is 0.0322 e. The highest BCUT2D eigenvalue weighted by Gasteiger charge is 2.22. The second-order valence-electron chi connectivity index (χ2n) is 6.05. The van der Waals surface area contributed by atoms with Crippen molar-refractivity contribution in [2.45, 2.75) is 23.5 Å². The Labute approximate surface area is 138 Å². The van der Waals surface area contributed by atoms with E-state index in [0.29, 0.717) is 5.25 Å². The first-order chi connectivity index (χ1) is 10.7. The zero-order valence-electron chi connectivity index (χ0n) is 13.5. The van der Waals surface area contributed by atoms with Crippen molar-refractivity contribution in [1.29, 1.82) is 0 Å². The lowest BCUT2D eigenvalue weighted by Gasteiger charge is -2.13. The highest BCUT2D eigenvalue weighted by atomic mass is 32.2. The quantitative estimate of drug-likeness (QED) is 0.763. The molecule has 2 heteroatoms. The summed E-state index contributed by atoms with van der Waals surface area (Å²) < 4.78 is 0. The minimum atomic E-state index is 0.483. The molecule has 1 unspecified atom stereocenters. The molecule has 0 spiro atoms. The molecule has 0 saturated carbocycles. The van der Waals surface area contributed by atoms with Crippen molar-refractivity contribution in [3.05, 3.63) is 71.3 Å². The third-order valence-electron chi connectivity index (χ3n) is 4.09. The maximum Gasteiger partial charge on any atom is 0.0322 e. The van der Waals surface area contributed by atoms with Gasteiger partial charge in [0, 0.05) is 16.7 Å². The summed E-state index contributed by atoms with van der Waals surface area (Å²) in [6.45, 7) is 3.39. The van der Waals surface area contributed by atoms with Crippen LogP contribution in [0, 0.1) is 0 Å². The van der Waals surface area contributed by atoms with E-state index >= 15 is 0 Å². The highest BCUT2D eigenvalue weighted by molar-refractivity contribution is 7.99. The molecule has 1 atom stereocenters. The van der Waals surface area contributed by atoms with Gasteiger partial charge in [-0.25, -0.2) is 0 Å². The minimum Gasteiger partial charge on any atom is -0.309 e. The molecule has 0 N–H and O–H groups in total. The molecule has 114 valence electrons. The lowest BCUT2D eigenvalue weighted by molar-refractivity contribution is 0.417. The summed E-state index contributed by atoms with van der Waals surface area (Å²) in [5.41, 5.74) is 5.61. The molecule has 3 rings (SSSR count). The van der Waals surface area contributed by atoms with Gasteiger partial charge in [0.1, 0.15) is 0 Å². The number of benzene rings is 2. The topological polar surface area (TPSA) is 3.24 Å². The third-order valence-corrected chi connectivity index (χ3v) is 5.31. The second-order valence-corrected chi connectivity index (χ2v) is 7.44. The standard InChI is InChI=1S/C20H23NS/c1-15-16-9-4-5-10-17(16)18(12-8-14-21(2)3)19-11-6-7-13-20(19)22-15/h4-7,9-13,15H,8,14H2,1-3H3. The normalized spacial score (nSPS) is 18.9. The molecule has 22 heavy (non-hydrogen) atoms. The minimum absolute atomic E-state index is 0.483. The zero-order valence-corrected chi connectivity index (χ0v) is 14.4. The van der Waals surface area contributed by atoms with Crippen molar-refractivity contribution in [1.82, 2.24) is 4.90 Å². The van der Waals surface area contributed by atoms with Crippen molar-refractivity contribution < 1.29 is 0 Å². The van der Waals surface area contributed by atoms with Gasteiger partial charge in [-0.1, -0.05) is 48.5 Å². The molecule has 0 bridgehead atoms. The first-order valence-corrected chi connectivity index (χ1v) is 8.75. The Balaban J connectivity index is 2.11. The fraction of sp³-hybridized carbons (Fsp3) is 0.300. The molecule has 2 aromatic rings. The van der Waals surface area contributed by atoms with Gasteiger partial charge in [0.2, 0.25) is 0 Å². The highest BCUT2D eigenvalue weighted by Crippen LogP contribution is 2.46. The van der Waals surface area contributed by atoms with E-state index in [1.807, 2.05) is 11.8 Å². The van der Waals surface area contributed by atoms with Crippen molar-refractivity contribution in [3.8, 4) is 0 Å². The first-order valence-electron chi connectivity index (χ1n) is 7.87. The van der Waals surface area contributed by atoms with E-state index in [1.54, 1.807) is 0 Å². The average molecular weight is 309 g/mol. The van der Waals surface area contributed by atoms with Gasteiger partial charge in [-0.3, -0.25) is 0 Å². The Morgan fingerprint density at radius 3 is 2.45 bits per heavy atom. The number of fused-ring (bicyclic) bond motifs is 2. The van der Waals surface area contributed by atoms with Crippen LogP contribution in [0.1, 0.15) is 35.3 Å². The number of thioether (sulfide) groups is 1. The van der Waals surface area contributed by atoms with Crippen molar-refractivity contribution in [2.75, 3.05) is 20.6 Å². The maximum atomic E-state index is 2.41. The van der Waals surface area contributed by atoms with Gasteiger partial charge >= 0.3 is 0 Å². The molecular formula is C20H23NS. The van der Waals surface area contributed by atoms with Crippen LogP contribution in [0.15, 0.2) is 59.5 Å². The van der Waals surface area contributed by atoms with E-state index in [2.05, 4.69) is 80.5 Å². The van der Waals surface area contributed by atoms with Crippen LogP contribution in [0.3, 0.4) is 0 Å². The fourth-order valence-electron chi connectivity index (χ4n) is 2.97. The molecule has 0 aliphatic carbocycles. The molecule has 0 saturated heterocycles. The van der Waals surface area contributed by atoms with E-state index in [9.17, 15) is 0 Å². The molecule has 1 aliphatic heterocycles. The molecule has 1 aliphatic rings. The van der Waals surface area contributed by atoms with Gasteiger partial charge in [-0.15, -0.1) is 11.8 Å². The zero-order chi connectivity index (χ0) is 15.5. The number of hydrogen-bond acceptors (Lipinski definition) is 2. The van der Waals surface area contributed by atoms with Gasteiger partial charge in [0.25, 0.3) is 0 Å². The van der Waals surface area contributed by atoms with E-state index < -0.39 is 0 Å². The van der Waals surface area contributed by atoms with Crippen LogP contribution in [-0.2, 0) is 0 Å². The van der Waals surface area contributed by atoms with Gasteiger partial charge in [0.05, 0.1) is 0 Å². The van der Waals surface area contributed by atoms with Gasteiger partial charge < -0.3 is 4.90 Å². The van der Waals surface area contributed by atoms with Crippen molar-refractivity contribution in [2.24, 2.45) is 0 Å². The SMILES string of the molecule is CC1Sc2ccccc2C(=CCCN(C)C)c2ccccc21. The van der Waals surface area contributed by atoms with E-state index in [-0.39, 0.29) is 0 Å². The van der Waals surface area contributed by atoms with Crippen LogP contribution < -0.4 is 0 Å². The molecule has 0 radical (unpaired) electrons. The van der Waals surface area contributed by atoms with Crippen LogP contribution in [-0.4, -0.2) is 25.5 Å². The van der Waals surface area contributed by atoms with E-state index in [4.69, 9.17) is 0 Å². The number of nitrogens with zero attached hydrogens (tertiary/aromatic N) is 1. The predicted molar refractivity (Wildman–Crippen MR) is 97.4 cm³/mol. The molecule has 0 fully saturated rings. The Hall–Kier alpha value is -1.51. The summed E-state index contributed by atoms with van der Waals surface area (Å²) in [4.78, 5) is 3.63. The molecule has 0 amide bonds. The Bertz CT molecular complexity index is 688. The van der Waals surface area contributed by atoms with E-state index in [1.165, 1.54) is 27.2 Å². The van der Waals surface area contributed by atoms with E-state index in [0.717, 1.165) is 13.0 Å². The van der Waals surface area contributed by atoms with Gasteiger partial charge in [0.15, 0.2) is 0 Å². The summed E-state index contributed by atoms with van der Waals surface area (Å²) in [7, 11) is 4.26. The fourth-order valence-corrected chi connectivity index (χ4v) is 4.15. The molecular weight excluding hydrogens is 286 g/mol. The van der Waals surface area contributed by atoms with Gasteiger partial charge in [-0.2, -0.15) is 0 Å². The summed E-state index contributed by atoms with van der Waals surface area (Å²) in [6.07, 6.45) is 3.49. The maximum absolute atomic E-state index is 2.41. The van der Waals surface area contributed by atoms with Crippen molar-refractivity contribution in [3.63, 3.8) is 0 Å². The largest absolute Gasteiger partial charge is 0.309 e. The van der Waals surface area contributed by atoms with Crippen LogP contribution in [0.25, 0.3) is 5.57 Å². The molecule has 1 nitrogen and oxygen atoms in total. The van der Waals surface area contributed by atoms with Crippen LogP contribution in [0.5, 0.6) is 0 Å². The van der Waals surface area contributed by atoms with Crippen LogP contribution in [0.4, 0.5) is 0 Å². The first kappa shape index (κ1) is 15.4. The Morgan fingerprint density at radius 1 is 1.00 bits per heavy atom. The summed E-state index contributed by atoms with van der Waals surface area (Å²) in [6, 6.07) is 17.7. The predicted octanol–water partition coefficient (Wildman–Crippen LogP) is 5.24. The lowest BCUT2D eigenvalue weighted by atomic mass is 9.92.